The molecule has 1 aromatic heterocycles. The summed E-state index contributed by atoms with van der Waals surface area (Å²) < 4.78 is 0. The van der Waals surface area contributed by atoms with E-state index < -0.39 is 0 Å². The summed E-state index contributed by atoms with van der Waals surface area (Å²) in [5, 5.41) is 0. The Kier molecular flexibility index (Phi) is 9.71. The zero-order valence-corrected chi connectivity index (χ0v) is 30.7. The van der Waals surface area contributed by atoms with Gasteiger partial charge in [0.1, 0.15) is 0 Å². The normalized spacial score (nSPS) is 10.9. The maximum atomic E-state index is 4.98. The molecule has 3 nitrogen and oxygen atoms in total. The lowest BCUT2D eigenvalue weighted by Gasteiger charge is -2.19. The Morgan fingerprint density at radius 3 is 0.911 bits per heavy atom. The first-order valence-corrected chi connectivity index (χ1v) is 18.9. The van der Waals surface area contributed by atoms with Gasteiger partial charge in [0.2, 0.25) is 0 Å². The number of nitrogens with zero attached hydrogens (tertiary/aromatic N) is 3. The Bertz CT molecular complexity index is 2660. The molecule has 0 bridgehead atoms. The van der Waals surface area contributed by atoms with Gasteiger partial charge < -0.3 is 0 Å². The van der Waals surface area contributed by atoms with Crippen LogP contribution < -0.4 is 0 Å². The molecule has 0 aliphatic heterocycles. The summed E-state index contributed by atoms with van der Waals surface area (Å²) in [5.41, 5.74) is 14.4. The first-order chi connectivity index (χ1) is 27.8. The average Bonchev–Trinajstić information content (AvgIpc) is 3.29. The zero-order chi connectivity index (χ0) is 37.5. The monoisotopic (exact) mass is 715 g/mol. The van der Waals surface area contributed by atoms with Crippen LogP contribution in [0.15, 0.2) is 224 Å². The highest BCUT2D eigenvalue weighted by Crippen LogP contribution is 2.38. The van der Waals surface area contributed by atoms with Crippen molar-refractivity contribution in [3.8, 4) is 56.4 Å². The third-order valence-electron chi connectivity index (χ3n) is 9.94. The summed E-state index contributed by atoms with van der Waals surface area (Å²) in [4.78, 5) is 14.8. The van der Waals surface area contributed by atoms with Gasteiger partial charge in [-0.15, -0.1) is 0 Å². The summed E-state index contributed by atoms with van der Waals surface area (Å²) in [6.07, 6.45) is 0. The second kappa shape index (κ2) is 15.9. The SMILES string of the molecule is c1ccc(C(=C(c2ccccc2)c2cccc(-c3cccc(-c4cccc(-c5nc(-c6ccccc6)nc(-c6ccccc6)n5)c4)c3)c2)c2ccccc2)cc1. The molecule has 264 valence electrons. The Morgan fingerprint density at radius 2 is 0.482 bits per heavy atom. The van der Waals surface area contributed by atoms with E-state index in [0.717, 1.165) is 44.5 Å². The highest BCUT2D eigenvalue weighted by Gasteiger charge is 2.17. The van der Waals surface area contributed by atoms with Crippen LogP contribution in [0.3, 0.4) is 0 Å². The van der Waals surface area contributed by atoms with E-state index in [0.29, 0.717) is 17.5 Å². The standard InChI is InChI=1S/C53H37N3/c1-6-19-38(20-7-1)49(39-21-8-2-9-22-39)50(40-23-10-3-11-24-40)47-33-17-31-45(36-47)43-29-16-30-44(35-43)46-32-18-34-48(37-46)53-55-51(41-25-12-4-13-26-41)54-52(56-53)42-27-14-5-15-28-42/h1-37H. The molecule has 0 N–H and O–H groups in total. The fourth-order valence-corrected chi connectivity index (χ4v) is 7.23. The first-order valence-electron chi connectivity index (χ1n) is 18.9. The molecule has 0 atom stereocenters. The van der Waals surface area contributed by atoms with E-state index in [1.807, 2.05) is 60.7 Å². The Morgan fingerprint density at radius 1 is 0.214 bits per heavy atom. The Balaban J connectivity index is 1.13. The van der Waals surface area contributed by atoms with Gasteiger partial charge in [-0.2, -0.15) is 0 Å². The van der Waals surface area contributed by atoms with Crippen LogP contribution in [0.1, 0.15) is 22.3 Å². The molecule has 0 saturated heterocycles. The average molecular weight is 716 g/mol. The number of hydrogen-bond acceptors (Lipinski definition) is 3. The minimum Gasteiger partial charge on any atom is -0.208 e. The third kappa shape index (κ3) is 7.35. The van der Waals surface area contributed by atoms with Gasteiger partial charge in [-0.25, -0.2) is 15.0 Å². The van der Waals surface area contributed by atoms with Gasteiger partial charge in [-0.1, -0.05) is 206 Å². The Labute approximate surface area is 328 Å². The van der Waals surface area contributed by atoms with Gasteiger partial charge in [-0.3, -0.25) is 0 Å². The van der Waals surface area contributed by atoms with Crippen molar-refractivity contribution in [2.24, 2.45) is 0 Å². The van der Waals surface area contributed by atoms with Crippen molar-refractivity contribution in [3.63, 3.8) is 0 Å². The lowest BCUT2D eigenvalue weighted by molar-refractivity contribution is 1.07. The van der Waals surface area contributed by atoms with Gasteiger partial charge in [-0.05, 0) is 73.9 Å². The van der Waals surface area contributed by atoms with Crippen molar-refractivity contribution >= 4 is 11.1 Å². The molecular formula is C53H37N3. The molecule has 0 saturated carbocycles. The molecule has 0 radical (unpaired) electrons. The van der Waals surface area contributed by atoms with E-state index in [-0.39, 0.29) is 0 Å². The maximum Gasteiger partial charge on any atom is 0.164 e. The van der Waals surface area contributed by atoms with Crippen molar-refractivity contribution in [2.75, 3.05) is 0 Å². The van der Waals surface area contributed by atoms with E-state index in [4.69, 9.17) is 15.0 Å². The number of rotatable bonds is 9. The number of aromatic nitrogens is 3. The lowest BCUT2D eigenvalue weighted by atomic mass is 9.85. The molecular weight excluding hydrogens is 679 g/mol. The summed E-state index contributed by atoms with van der Waals surface area (Å²) in [6.45, 7) is 0. The van der Waals surface area contributed by atoms with Gasteiger partial charge in [0.05, 0.1) is 0 Å². The minimum absolute atomic E-state index is 0.635. The zero-order valence-electron chi connectivity index (χ0n) is 30.7. The second-order valence-electron chi connectivity index (χ2n) is 13.6. The highest BCUT2D eigenvalue weighted by molar-refractivity contribution is 6.05. The highest BCUT2D eigenvalue weighted by atomic mass is 15.0. The molecule has 0 unspecified atom stereocenters. The Hall–Kier alpha value is -7.49. The number of benzene rings is 8. The quantitative estimate of drug-likeness (QED) is 0.140. The largest absolute Gasteiger partial charge is 0.208 e. The van der Waals surface area contributed by atoms with Crippen molar-refractivity contribution in [1.82, 2.24) is 15.0 Å². The predicted molar refractivity (Wildman–Crippen MR) is 231 cm³/mol. The smallest absolute Gasteiger partial charge is 0.164 e. The second-order valence-corrected chi connectivity index (χ2v) is 13.6. The van der Waals surface area contributed by atoms with Gasteiger partial charge in [0, 0.05) is 16.7 Å². The summed E-state index contributed by atoms with van der Waals surface area (Å²) in [6, 6.07) is 78.5. The number of hydrogen-bond donors (Lipinski definition) is 0. The molecule has 56 heavy (non-hydrogen) atoms. The van der Waals surface area contributed by atoms with Crippen molar-refractivity contribution in [2.45, 2.75) is 0 Å². The van der Waals surface area contributed by atoms with Crippen molar-refractivity contribution in [3.05, 3.63) is 247 Å². The molecule has 8 aromatic carbocycles. The van der Waals surface area contributed by atoms with Crippen LogP contribution in [0.25, 0.3) is 67.6 Å². The fraction of sp³-hybridized carbons (Fsp3) is 0. The molecule has 9 aromatic rings. The van der Waals surface area contributed by atoms with Crippen LogP contribution in [-0.2, 0) is 0 Å². The molecule has 0 fully saturated rings. The molecule has 0 amide bonds. The molecule has 1 heterocycles. The van der Waals surface area contributed by atoms with Crippen LogP contribution in [0.5, 0.6) is 0 Å². The molecule has 0 spiro atoms. The van der Waals surface area contributed by atoms with E-state index in [2.05, 4.69) is 164 Å². The van der Waals surface area contributed by atoms with Crippen molar-refractivity contribution in [1.29, 1.82) is 0 Å². The van der Waals surface area contributed by atoms with Crippen LogP contribution in [0, 0.1) is 0 Å². The van der Waals surface area contributed by atoms with Crippen LogP contribution in [0.2, 0.25) is 0 Å². The van der Waals surface area contributed by atoms with E-state index in [1.165, 1.54) is 27.8 Å². The van der Waals surface area contributed by atoms with Crippen molar-refractivity contribution < 1.29 is 0 Å². The van der Waals surface area contributed by atoms with Crippen LogP contribution in [0.4, 0.5) is 0 Å². The molecule has 3 heteroatoms. The van der Waals surface area contributed by atoms with Gasteiger partial charge in [0.15, 0.2) is 17.5 Å². The summed E-state index contributed by atoms with van der Waals surface area (Å²) in [5.74, 6) is 1.93. The predicted octanol–water partition coefficient (Wildman–Crippen LogP) is 13.2. The van der Waals surface area contributed by atoms with Gasteiger partial charge in [0.25, 0.3) is 0 Å². The minimum atomic E-state index is 0.635. The summed E-state index contributed by atoms with van der Waals surface area (Å²) in [7, 11) is 0. The van der Waals surface area contributed by atoms with E-state index >= 15 is 0 Å². The van der Waals surface area contributed by atoms with Crippen LogP contribution >= 0.6 is 0 Å². The molecule has 9 rings (SSSR count). The third-order valence-corrected chi connectivity index (χ3v) is 9.94. The fourth-order valence-electron chi connectivity index (χ4n) is 7.23. The maximum absolute atomic E-state index is 4.98. The van der Waals surface area contributed by atoms with Gasteiger partial charge >= 0.3 is 0 Å². The first kappa shape index (κ1) is 34.3. The molecule has 0 aliphatic rings. The molecule has 0 aliphatic carbocycles. The lowest BCUT2D eigenvalue weighted by Crippen LogP contribution is -2.00. The van der Waals surface area contributed by atoms with E-state index in [1.54, 1.807) is 0 Å². The van der Waals surface area contributed by atoms with Crippen LogP contribution in [-0.4, -0.2) is 15.0 Å². The summed E-state index contributed by atoms with van der Waals surface area (Å²) >= 11 is 0. The van der Waals surface area contributed by atoms with E-state index in [9.17, 15) is 0 Å². The topological polar surface area (TPSA) is 38.7 Å².